The summed E-state index contributed by atoms with van der Waals surface area (Å²) in [5, 5.41) is 3.80. The zero-order chi connectivity index (χ0) is 18.7. The minimum atomic E-state index is -0.371. The van der Waals surface area contributed by atoms with Gasteiger partial charge in [0.2, 0.25) is 5.91 Å². The van der Waals surface area contributed by atoms with Crippen molar-refractivity contribution >= 4 is 17.5 Å². The predicted octanol–water partition coefficient (Wildman–Crippen LogP) is 3.98. The third-order valence-electron chi connectivity index (χ3n) is 5.21. The van der Waals surface area contributed by atoms with Crippen molar-refractivity contribution in [3.63, 3.8) is 0 Å². The third-order valence-corrected chi connectivity index (χ3v) is 5.47. The Morgan fingerprint density at radius 1 is 1.11 bits per heavy atom. The minimum absolute atomic E-state index is 0.103. The van der Waals surface area contributed by atoms with Crippen molar-refractivity contribution in [2.24, 2.45) is 0 Å². The predicted molar refractivity (Wildman–Crippen MR) is 107 cm³/mol. The van der Waals surface area contributed by atoms with Gasteiger partial charge in [0.1, 0.15) is 5.82 Å². The summed E-state index contributed by atoms with van der Waals surface area (Å²) in [4.78, 5) is 17.2. The average Bonchev–Trinajstić information content (AvgIpc) is 3.39. The molecule has 4 nitrogen and oxygen atoms in total. The summed E-state index contributed by atoms with van der Waals surface area (Å²) in [7, 11) is 0. The first kappa shape index (κ1) is 17.8. The van der Waals surface area contributed by atoms with E-state index >= 15 is 0 Å². The molecule has 1 aliphatic rings. The quantitative estimate of drug-likeness (QED) is 0.675. The Morgan fingerprint density at radius 3 is 2.56 bits per heavy atom. The van der Waals surface area contributed by atoms with Crippen LogP contribution in [-0.4, -0.2) is 22.0 Å². The molecule has 1 heterocycles. The molecule has 1 amide bonds. The van der Waals surface area contributed by atoms with E-state index in [0.717, 1.165) is 30.8 Å². The van der Waals surface area contributed by atoms with Gasteiger partial charge in [-0.05, 0) is 36.1 Å². The minimum Gasteiger partial charge on any atom is -0.355 e. The second kappa shape index (κ2) is 7.57. The van der Waals surface area contributed by atoms with Crippen molar-refractivity contribution in [3.8, 4) is 0 Å². The normalized spacial score (nSPS) is 14.7. The molecule has 3 aromatic rings. The molecular formula is C22H22ClN3O. The zero-order valence-corrected chi connectivity index (χ0v) is 15.8. The molecule has 5 heteroatoms. The first-order valence-corrected chi connectivity index (χ1v) is 9.63. The van der Waals surface area contributed by atoms with Gasteiger partial charge >= 0.3 is 0 Å². The molecule has 0 bridgehead atoms. The highest BCUT2D eigenvalue weighted by atomic mass is 35.5. The van der Waals surface area contributed by atoms with Crippen molar-refractivity contribution in [1.82, 2.24) is 14.9 Å². The molecule has 1 aromatic heterocycles. The van der Waals surface area contributed by atoms with Gasteiger partial charge in [-0.1, -0.05) is 54.1 Å². The van der Waals surface area contributed by atoms with Gasteiger partial charge in [0.25, 0.3) is 0 Å². The number of halogens is 1. The standard InChI is InChI=1S/C22H22ClN3O/c23-19-8-6-18(7-9-19)22(11-12-22)21(27)25-13-10-20-24-14-15-26(20)16-17-4-2-1-3-5-17/h1-9,14-15H,10-13,16H2,(H,25,27). The monoisotopic (exact) mass is 379 g/mol. The van der Waals surface area contributed by atoms with E-state index in [1.807, 2.05) is 54.9 Å². The summed E-state index contributed by atoms with van der Waals surface area (Å²) >= 11 is 5.97. The summed E-state index contributed by atoms with van der Waals surface area (Å²) in [5.74, 6) is 1.08. The number of rotatable bonds is 7. The highest BCUT2D eigenvalue weighted by molar-refractivity contribution is 6.30. The number of hydrogen-bond acceptors (Lipinski definition) is 2. The van der Waals surface area contributed by atoms with E-state index in [0.29, 0.717) is 18.0 Å². The number of carbonyl (C=O) groups is 1. The summed E-state index contributed by atoms with van der Waals surface area (Å²) < 4.78 is 2.13. The maximum atomic E-state index is 12.7. The van der Waals surface area contributed by atoms with Crippen molar-refractivity contribution in [1.29, 1.82) is 0 Å². The van der Waals surface area contributed by atoms with E-state index in [9.17, 15) is 4.79 Å². The van der Waals surface area contributed by atoms with Crippen LogP contribution in [0.2, 0.25) is 5.02 Å². The lowest BCUT2D eigenvalue weighted by molar-refractivity contribution is -0.123. The number of carbonyl (C=O) groups excluding carboxylic acids is 1. The van der Waals surface area contributed by atoms with Gasteiger partial charge in [-0.15, -0.1) is 0 Å². The van der Waals surface area contributed by atoms with Gasteiger partial charge in [-0.3, -0.25) is 4.79 Å². The van der Waals surface area contributed by atoms with Gasteiger partial charge in [0, 0.05) is 36.9 Å². The van der Waals surface area contributed by atoms with Crippen LogP contribution in [-0.2, 0) is 23.2 Å². The van der Waals surface area contributed by atoms with E-state index in [2.05, 4.69) is 27.0 Å². The zero-order valence-electron chi connectivity index (χ0n) is 15.1. The van der Waals surface area contributed by atoms with Crippen molar-refractivity contribution in [2.45, 2.75) is 31.2 Å². The Bertz CT molecular complexity index is 914. The van der Waals surface area contributed by atoms with Crippen LogP contribution in [0, 0.1) is 0 Å². The van der Waals surface area contributed by atoms with E-state index in [1.54, 1.807) is 0 Å². The molecule has 0 aliphatic heterocycles. The van der Waals surface area contributed by atoms with Gasteiger partial charge < -0.3 is 9.88 Å². The lowest BCUT2D eigenvalue weighted by Crippen LogP contribution is -2.36. The van der Waals surface area contributed by atoms with Crippen LogP contribution in [0.5, 0.6) is 0 Å². The molecule has 1 fully saturated rings. The highest BCUT2D eigenvalue weighted by Gasteiger charge is 2.50. The molecule has 1 N–H and O–H groups in total. The number of aromatic nitrogens is 2. The lowest BCUT2D eigenvalue weighted by Gasteiger charge is -2.16. The van der Waals surface area contributed by atoms with Crippen LogP contribution >= 0.6 is 11.6 Å². The molecule has 0 radical (unpaired) electrons. The first-order chi connectivity index (χ1) is 13.2. The number of hydrogen-bond donors (Lipinski definition) is 1. The van der Waals surface area contributed by atoms with Crippen LogP contribution in [0.1, 0.15) is 29.8 Å². The van der Waals surface area contributed by atoms with E-state index in [-0.39, 0.29) is 11.3 Å². The summed E-state index contributed by atoms with van der Waals surface area (Å²) in [6.45, 7) is 1.37. The maximum absolute atomic E-state index is 12.7. The molecule has 0 saturated heterocycles. The molecule has 1 saturated carbocycles. The Kier molecular flexibility index (Phi) is 4.99. The summed E-state index contributed by atoms with van der Waals surface area (Å²) in [6, 6.07) is 17.9. The third kappa shape index (κ3) is 3.91. The largest absolute Gasteiger partial charge is 0.355 e. The lowest BCUT2D eigenvalue weighted by atomic mass is 9.95. The van der Waals surface area contributed by atoms with Crippen LogP contribution in [0.15, 0.2) is 67.0 Å². The molecule has 1 aliphatic carbocycles. The SMILES string of the molecule is O=C(NCCc1nccn1Cc1ccccc1)C1(c2ccc(Cl)cc2)CC1. The molecule has 0 spiro atoms. The average molecular weight is 380 g/mol. The Balaban J connectivity index is 1.35. The summed E-state index contributed by atoms with van der Waals surface area (Å²) in [5.41, 5.74) is 1.92. The number of benzene rings is 2. The van der Waals surface area contributed by atoms with Crippen molar-refractivity contribution in [3.05, 3.63) is 89.0 Å². The van der Waals surface area contributed by atoms with Gasteiger partial charge in [0.05, 0.1) is 5.41 Å². The number of imidazole rings is 1. The fraction of sp³-hybridized carbons (Fsp3) is 0.273. The van der Waals surface area contributed by atoms with Gasteiger partial charge in [-0.2, -0.15) is 0 Å². The fourth-order valence-corrected chi connectivity index (χ4v) is 3.62. The van der Waals surface area contributed by atoms with E-state index in [4.69, 9.17) is 11.6 Å². The molecule has 0 unspecified atom stereocenters. The Morgan fingerprint density at radius 2 is 1.85 bits per heavy atom. The maximum Gasteiger partial charge on any atom is 0.230 e. The molecule has 27 heavy (non-hydrogen) atoms. The van der Waals surface area contributed by atoms with E-state index in [1.165, 1.54) is 5.56 Å². The smallest absolute Gasteiger partial charge is 0.230 e. The van der Waals surface area contributed by atoms with Crippen molar-refractivity contribution < 1.29 is 4.79 Å². The molecule has 2 aromatic carbocycles. The Labute approximate surface area is 164 Å². The van der Waals surface area contributed by atoms with E-state index < -0.39 is 0 Å². The fourth-order valence-electron chi connectivity index (χ4n) is 3.49. The Hall–Kier alpha value is -2.59. The van der Waals surface area contributed by atoms with Crippen LogP contribution in [0.25, 0.3) is 0 Å². The number of nitrogens with one attached hydrogen (secondary N) is 1. The summed E-state index contributed by atoms with van der Waals surface area (Å²) in [6.07, 6.45) is 6.30. The second-order valence-electron chi connectivity index (χ2n) is 7.05. The number of amides is 1. The van der Waals surface area contributed by atoms with Crippen LogP contribution < -0.4 is 5.32 Å². The number of nitrogens with zero attached hydrogens (tertiary/aromatic N) is 2. The van der Waals surface area contributed by atoms with Crippen LogP contribution in [0.3, 0.4) is 0 Å². The molecule has 0 atom stereocenters. The van der Waals surface area contributed by atoms with Gasteiger partial charge in [-0.25, -0.2) is 4.98 Å². The first-order valence-electron chi connectivity index (χ1n) is 9.26. The molecule has 4 rings (SSSR count). The van der Waals surface area contributed by atoms with Crippen molar-refractivity contribution in [2.75, 3.05) is 6.54 Å². The molecule has 138 valence electrons. The highest BCUT2D eigenvalue weighted by Crippen LogP contribution is 2.48. The van der Waals surface area contributed by atoms with Crippen LogP contribution in [0.4, 0.5) is 0 Å². The molecular weight excluding hydrogens is 358 g/mol. The van der Waals surface area contributed by atoms with Gasteiger partial charge in [0.15, 0.2) is 0 Å². The topological polar surface area (TPSA) is 46.9 Å². The second-order valence-corrected chi connectivity index (χ2v) is 7.49.